The molecule has 0 spiro atoms. The first-order valence-corrected chi connectivity index (χ1v) is 7.70. The number of hydrogen-bond acceptors (Lipinski definition) is 3. The van der Waals surface area contributed by atoms with Crippen LogP contribution >= 0.6 is 11.6 Å². The van der Waals surface area contributed by atoms with Crippen molar-refractivity contribution in [1.82, 2.24) is 15.5 Å². The first-order valence-electron chi connectivity index (χ1n) is 7.32. The Morgan fingerprint density at radius 3 is 2.90 bits per heavy atom. The Kier molecular flexibility index (Phi) is 6.54. The van der Waals surface area contributed by atoms with E-state index in [1.54, 1.807) is 0 Å². The molecule has 1 saturated heterocycles. The topological polar surface area (TPSA) is 27.3 Å². The second-order valence-corrected chi connectivity index (χ2v) is 5.61. The average molecular weight is 294 g/mol. The summed E-state index contributed by atoms with van der Waals surface area (Å²) < 4.78 is 0. The fraction of sp³-hybridized carbons (Fsp3) is 0.500. The molecule has 0 saturated carbocycles. The van der Waals surface area contributed by atoms with Crippen molar-refractivity contribution in [2.45, 2.75) is 12.5 Å². The van der Waals surface area contributed by atoms with Crippen LogP contribution in [0.4, 0.5) is 0 Å². The zero-order chi connectivity index (χ0) is 14.2. The second kappa shape index (κ2) is 8.42. The molecule has 3 nitrogen and oxygen atoms in total. The van der Waals surface area contributed by atoms with Gasteiger partial charge in [-0.25, -0.2) is 0 Å². The fourth-order valence-electron chi connectivity index (χ4n) is 2.56. The molecule has 0 bridgehead atoms. The summed E-state index contributed by atoms with van der Waals surface area (Å²) >= 11 is 6.08. The van der Waals surface area contributed by atoms with Gasteiger partial charge in [0.2, 0.25) is 0 Å². The molecule has 0 radical (unpaired) electrons. The molecule has 1 aliphatic rings. The highest BCUT2D eigenvalue weighted by Gasteiger charge is 2.12. The van der Waals surface area contributed by atoms with E-state index in [-0.39, 0.29) is 0 Å². The Morgan fingerprint density at radius 2 is 2.20 bits per heavy atom. The van der Waals surface area contributed by atoms with Gasteiger partial charge < -0.3 is 10.6 Å². The highest BCUT2D eigenvalue weighted by atomic mass is 35.5. The smallest absolute Gasteiger partial charge is 0.0409 e. The van der Waals surface area contributed by atoms with Gasteiger partial charge in [0.15, 0.2) is 0 Å². The SMILES string of the molecule is C=CCC(NCCN1CCNCC1)c1cccc(Cl)c1. The summed E-state index contributed by atoms with van der Waals surface area (Å²) in [6.07, 6.45) is 2.88. The third-order valence-corrected chi connectivity index (χ3v) is 3.92. The number of benzene rings is 1. The quantitative estimate of drug-likeness (QED) is 0.756. The lowest BCUT2D eigenvalue weighted by atomic mass is 10.0. The molecule has 0 amide bonds. The van der Waals surface area contributed by atoms with Gasteiger partial charge in [-0.05, 0) is 24.1 Å². The molecule has 1 fully saturated rings. The van der Waals surface area contributed by atoms with E-state index in [0.717, 1.165) is 50.7 Å². The summed E-state index contributed by atoms with van der Waals surface area (Å²) in [5.41, 5.74) is 1.23. The number of hydrogen-bond donors (Lipinski definition) is 2. The molecule has 1 atom stereocenters. The highest BCUT2D eigenvalue weighted by molar-refractivity contribution is 6.30. The zero-order valence-corrected chi connectivity index (χ0v) is 12.7. The van der Waals surface area contributed by atoms with E-state index in [2.05, 4.69) is 28.2 Å². The number of nitrogens with one attached hydrogen (secondary N) is 2. The molecule has 1 aromatic carbocycles. The lowest BCUT2D eigenvalue weighted by molar-refractivity contribution is 0.238. The maximum atomic E-state index is 6.08. The van der Waals surface area contributed by atoms with Crippen LogP contribution in [0.25, 0.3) is 0 Å². The first kappa shape index (κ1) is 15.5. The predicted octanol–water partition coefficient (Wildman–Crippen LogP) is 2.45. The van der Waals surface area contributed by atoms with Crippen LogP contribution in [0.5, 0.6) is 0 Å². The maximum Gasteiger partial charge on any atom is 0.0409 e. The van der Waals surface area contributed by atoms with Crippen molar-refractivity contribution in [3.63, 3.8) is 0 Å². The lowest BCUT2D eigenvalue weighted by Gasteiger charge is -2.28. The van der Waals surface area contributed by atoms with Crippen LogP contribution < -0.4 is 10.6 Å². The van der Waals surface area contributed by atoms with Gasteiger partial charge in [0.1, 0.15) is 0 Å². The lowest BCUT2D eigenvalue weighted by Crippen LogP contribution is -2.46. The van der Waals surface area contributed by atoms with E-state index in [9.17, 15) is 0 Å². The Balaban J connectivity index is 1.84. The second-order valence-electron chi connectivity index (χ2n) is 5.18. The van der Waals surface area contributed by atoms with E-state index in [1.807, 2.05) is 24.3 Å². The molecule has 1 heterocycles. The van der Waals surface area contributed by atoms with Crippen molar-refractivity contribution in [1.29, 1.82) is 0 Å². The monoisotopic (exact) mass is 293 g/mol. The molecule has 2 N–H and O–H groups in total. The third-order valence-electron chi connectivity index (χ3n) is 3.68. The molecule has 4 heteroatoms. The maximum absolute atomic E-state index is 6.08. The third kappa shape index (κ3) is 4.91. The molecule has 1 unspecified atom stereocenters. The van der Waals surface area contributed by atoms with Gasteiger partial charge in [0.25, 0.3) is 0 Å². The Hall–Kier alpha value is -0.870. The summed E-state index contributed by atoms with van der Waals surface area (Å²) in [7, 11) is 0. The van der Waals surface area contributed by atoms with Crippen molar-refractivity contribution in [2.24, 2.45) is 0 Å². The molecule has 20 heavy (non-hydrogen) atoms. The summed E-state index contributed by atoms with van der Waals surface area (Å²) in [6, 6.07) is 8.38. The van der Waals surface area contributed by atoms with Gasteiger partial charge >= 0.3 is 0 Å². The molecule has 110 valence electrons. The summed E-state index contributed by atoms with van der Waals surface area (Å²) in [4.78, 5) is 2.49. The number of piperazine rings is 1. The number of nitrogens with zero attached hydrogens (tertiary/aromatic N) is 1. The van der Waals surface area contributed by atoms with Crippen LogP contribution in [0.1, 0.15) is 18.0 Å². The van der Waals surface area contributed by atoms with Crippen LogP contribution in [0.15, 0.2) is 36.9 Å². The molecule has 0 aliphatic carbocycles. The minimum atomic E-state index is 0.300. The van der Waals surface area contributed by atoms with E-state index >= 15 is 0 Å². The Labute approximate surface area is 127 Å². The van der Waals surface area contributed by atoms with Crippen LogP contribution in [0.3, 0.4) is 0 Å². The largest absolute Gasteiger partial charge is 0.314 e. The van der Waals surface area contributed by atoms with Crippen LogP contribution in [-0.4, -0.2) is 44.2 Å². The molecular weight excluding hydrogens is 270 g/mol. The van der Waals surface area contributed by atoms with Gasteiger partial charge in [-0.15, -0.1) is 6.58 Å². The number of halogens is 1. The highest BCUT2D eigenvalue weighted by Crippen LogP contribution is 2.20. The van der Waals surface area contributed by atoms with Crippen molar-refractivity contribution < 1.29 is 0 Å². The van der Waals surface area contributed by atoms with Crippen LogP contribution in [-0.2, 0) is 0 Å². The van der Waals surface area contributed by atoms with E-state index in [0.29, 0.717) is 6.04 Å². The summed E-state index contributed by atoms with van der Waals surface area (Å²) in [6.45, 7) is 10.4. The minimum Gasteiger partial charge on any atom is -0.314 e. The van der Waals surface area contributed by atoms with Crippen LogP contribution in [0.2, 0.25) is 5.02 Å². The van der Waals surface area contributed by atoms with Crippen molar-refractivity contribution in [3.8, 4) is 0 Å². The predicted molar refractivity (Wildman–Crippen MR) is 86.3 cm³/mol. The van der Waals surface area contributed by atoms with Crippen LogP contribution in [0, 0.1) is 0 Å². The molecule has 0 aromatic heterocycles. The molecular formula is C16H24ClN3. The van der Waals surface area contributed by atoms with Gasteiger partial charge in [0.05, 0.1) is 0 Å². The molecule has 1 aromatic rings. The normalized spacial score (nSPS) is 17.9. The number of rotatable bonds is 7. The zero-order valence-electron chi connectivity index (χ0n) is 11.9. The molecule has 2 rings (SSSR count). The summed E-state index contributed by atoms with van der Waals surface area (Å²) in [5, 5.41) is 7.79. The van der Waals surface area contributed by atoms with Crippen molar-refractivity contribution in [3.05, 3.63) is 47.5 Å². The van der Waals surface area contributed by atoms with E-state index < -0.39 is 0 Å². The van der Waals surface area contributed by atoms with Gasteiger partial charge in [-0.1, -0.05) is 29.8 Å². The fourth-order valence-corrected chi connectivity index (χ4v) is 2.76. The minimum absolute atomic E-state index is 0.300. The average Bonchev–Trinajstić information content (AvgIpc) is 2.47. The van der Waals surface area contributed by atoms with Gasteiger partial charge in [-0.2, -0.15) is 0 Å². The van der Waals surface area contributed by atoms with Gasteiger partial charge in [0, 0.05) is 50.3 Å². The van der Waals surface area contributed by atoms with E-state index in [1.165, 1.54) is 5.56 Å². The van der Waals surface area contributed by atoms with Crippen molar-refractivity contribution >= 4 is 11.6 Å². The first-order chi connectivity index (χ1) is 9.79. The summed E-state index contributed by atoms with van der Waals surface area (Å²) in [5.74, 6) is 0. The van der Waals surface area contributed by atoms with Crippen molar-refractivity contribution in [2.75, 3.05) is 39.3 Å². The van der Waals surface area contributed by atoms with E-state index in [4.69, 9.17) is 11.6 Å². The standard InChI is InChI=1S/C16H24ClN3/c1-2-4-16(14-5-3-6-15(17)13-14)19-9-12-20-10-7-18-8-11-20/h2-3,5-6,13,16,18-19H,1,4,7-12H2. The Morgan fingerprint density at radius 1 is 1.40 bits per heavy atom. The van der Waals surface area contributed by atoms with Gasteiger partial charge in [-0.3, -0.25) is 4.90 Å². The Bertz CT molecular complexity index is 416. The molecule has 1 aliphatic heterocycles.